The van der Waals surface area contributed by atoms with Crippen molar-refractivity contribution >= 4 is 23.2 Å². The molecule has 0 unspecified atom stereocenters. The molecule has 0 aliphatic carbocycles. The van der Waals surface area contributed by atoms with Crippen LogP contribution in [-0.2, 0) is 4.79 Å². The fourth-order valence-electron chi connectivity index (χ4n) is 2.35. The normalized spacial score (nSPS) is 14.0. The third-order valence-corrected chi connectivity index (χ3v) is 3.85. The number of hydrogen-bond acceptors (Lipinski definition) is 4. The van der Waals surface area contributed by atoms with Crippen molar-refractivity contribution in [1.82, 2.24) is 0 Å². The minimum absolute atomic E-state index is 0.249. The van der Waals surface area contributed by atoms with E-state index in [4.69, 9.17) is 25.8 Å². The summed E-state index contributed by atoms with van der Waals surface area (Å²) in [5, 5.41) is 3.45. The number of ether oxygens (including phenoxy) is 3. The molecule has 1 aliphatic heterocycles. The van der Waals surface area contributed by atoms with Gasteiger partial charge in [0.15, 0.2) is 17.6 Å². The lowest BCUT2D eigenvalue weighted by molar-refractivity contribution is -0.122. The van der Waals surface area contributed by atoms with Gasteiger partial charge in [-0.05, 0) is 49.7 Å². The molecule has 1 aliphatic rings. The summed E-state index contributed by atoms with van der Waals surface area (Å²) >= 11 is 5.92. The number of halogens is 1. The molecule has 2 aromatic carbocycles. The number of carbonyl (C=O) groups is 1. The average molecular weight is 348 g/mol. The van der Waals surface area contributed by atoms with Crippen molar-refractivity contribution in [3.8, 4) is 17.2 Å². The summed E-state index contributed by atoms with van der Waals surface area (Å²) in [6.45, 7) is 4.61. The maximum atomic E-state index is 12.3. The van der Waals surface area contributed by atoms with Gasteiger partial charge >= 0.3 is 0 Å². The van der Waals surface area contributed by atoms with Crippen LogP contribution >= 0.6 is 11.6 Å². The molecule has 2 aromatic rings. The molecule has 0 spiro atoms. The van der Waals surface area contributed by atoms with E-state index in [0.29, 0.717) is 41.2 Å². The highest BCUT2D eigenvalue weighted by Gasteiger charge is 2.18. The Morgan fingerprint density at radius 3 is 2.67 bits per heavy atom. The van der Waals surface area contributed by atoms with E-state index in [2.05, 4.69) is 5.32 Å². The first kappa shape index (κ1) is 16.5. The Hall–Kier alpha value is -2.40. The van der Waals surface area contributed by atoms with Crippen LogP contribution in [0.5, 0.6) is 17.2 Å². The molecular weight excluding hydrogens is 330 g/mol. The molecule has 126 valence electrons. The minimum Gasteiger partial charge on any atom is -0.486 e. The smallest absolute Gasteiger partial charge is 0.265 e. The second-order valence-corrected chi connectivity index (χ2v) is 5.95. The van der Waals surface area contributed by atoms with Gasteiger partial charge in [0.2, 0.25) is 0 Å². The SMILES string of the molecule is Cc1cc(Cl)ccc1O[C@H](C)C(=O)Nc1ccc2c(c1)OCCO2. The van der Waals surface area contributed by atoms with E-state index >= 15 is 0 Å². The predicted octanol–water partition coefficient (Wildman–Crippen LogP) is 3.83. The van der Waals surface area contributed by atoms with Gasteiger partial charge in [-0.25, -0.2) is 0 Å². The van der Waals surface area contributed by atoms with Crippen molar-refractivity contribution in [2.75, 3.05) is 18.5 Å². The lowest BCUT2D eigenvalue weighted by atomic mass is 10.2. The van der Waals surface area contributed by atoms with E-state index in [0.717, 1.165) is 5.56 Å². The van der Waals surface area contributed by atoms with Gasteiger partial charge in [0, 0.05) is 16.8 Å². The van der Waals surface area contributed by atoms with Crippen molar-refractivity contribution < 1.29 is 19.0 Å². The summed E-state index contributed by atoms with van der Waals surface area (Å²) in [6, 6.07) is 10.6. The van der Waals surface area contributed by atoms with Gasteiger partial charge in [0.05, 0.1) is 0 Å². The van der Waals surface area contributed by atoms with E-state index in [1.807, 2.05) is 6.92 Å². The summed E-state index contributed by atoms with van der Waals surface area (Å²) in [7, 11) is 0. The van der Waals surface area contributed by atoms with Crippen LogP contribution in [0.2, 0.25) is 5.02 Å². The molecule has 5 nitrogen and oxygen atoms in total. The molecule has 1 heterocycles. The first-order chi connectivity index (χ1) is 11.5. The molecule has 0 fully saturated rings. The summed E-state index contributed by atoms with van der Waals surface area (Å²) in [4.78, 5) is 12.3. The van der Waals surface area contributed by atoms with E-state index in [-0.39, 0.29) is 5.91 Å². The molecule has 24 heavy (non-hydrogen) atoms. The van der Waals surface area contributed by atoms with Crippen LogP contribution < -0.4 is 19.5 Å². The van der Waals surface area contributed by atoms with Gasteiger partial charge in [-0.3, -0.25) is 4.79 Å². The minimum atomic E-state index is -0.655. The Morgan fingerprint density at radius 2 is 1.92 bits per heavy atom. The largest absolute Gasteiger partial charge is 0.486 e. The number of fused-ring (bicyclic) bond motifs is 1. The number of aryl methyl sites for hydroxylation is 1. The molecular formula is C18H18ClNO4. The maximum absolute atomic E-state index is 12.3. The molecule has 0 saturated heterocycles. The van der Waals surface area contributed by atoms with Crippen LogP contribution in [0.1, 0.15) is 12.5 Å². The van der Waals surface area contributed by atoms with E-state index < -0.39 is 6.10 Å². The van der Waals surface area contributed by atoms with Gasteiger partial charge in [0.1, 0.15) is 19.0 Å². The van der Waals surface area contributed by atoms with Crippen LogP contribution in [0.3, 0.4) is 0 Å². The Labute approximate surface area is 145 Å². The zero-order valence-electron chi connectivity index (χ0n) is 13.5. The van der Waals surface area contributed by atoms with Crippen molar-refractivity contribution in [3.05, 3.63) is 47.0 Å². The van der Waals surface area contributed by atoms with Gasteiger partial charge in [-0.1, -0.05) is 11.6 Å². The third kappa shape index (κ3) is 3.74. The molecule has 0 bridgehead atoms. The standard InChI is InChI=1S/C18H18ClNO4/c1-11-9-13(19)3-5-15(11)24-12(2)18(21)20-14-4-6-16-17(10-14)23-8-7-22-16/h3-6,9-10,12H,7-8H2,1-2H3,(H,20,21)/t12-/m1/s1. The molecule has 1 N–H and O–H groups in total. The highest BCUT2D eigenvalue weighted by Crippen LogP contribution is 2.32. The van der Waals surface area contributed by atoms with Crippen molar-refractivity contribution in [3.63, 3.8) is 0 Å². The molecule has 0 aromatic heterocycles. The summed E-state index contributed by atoms with van der Waals surface area (Å²) in [5.41, 5.74) is 1.51. The number of amides is 1. The van der Waals surface area contributed by atoms with Crippen molar-refractivity contribution in [2.45, 2.75) is 20.0 Å². The molecule has 6 heteroatoms. The topological polar surface area (TPSA) is 56.8 Å². The Balaban J connectivity index is 1.65. The molecule has 1 amide bonds. The zero-order chi connectivity index (χ0) is 17.1. The molecule has 1 atom stereocenters. The second kappa shape index (κ2) is 7.01. The van der Waals surface area contributed by atoms with E-state index in [1.54, 1.807) is 43.3 Å². The Bertz CT molecular complexity index is 763. The Kier molecular flexibility index (Phi) is 4.81. The van der Waals surface area contributed by atoms with Crippen LogP contribution in [0.15, 0.2) is 36.4 Å². The maximum Gasteiger partial charge on any atom is 0.265 e. The number of rotatable bonds is 4. The van der Waals surface area contributed by atoms with Crippen molar-refractivity contribution in [2.24, 2.45) is 0 Å². The highest BCUT2D eigenvalue weighted by atomic mass is 35.5. The van der Waals surface area contributed by atoms with Crippen LogP contribution in [0.25, 0.3) is 0 Å². The lowest BCUT2D eigenvalue weighted by Gasteiger charge is -2.20. The van der Waals surface area contributed by atoms with Gasteiger partial charge in [-0.2, -0.15) is 0 Å². The van der Waals surface area contributed by atoms with Crippen LogP contribution in [0.4, 0.5) is 5.69 Å². The first-order valence-corrected chi connectivity index (χ1v) is 8.04. The fourth-order valence-corrected chi connectivity index (χ4v) is 2.58. The molecule has 3 rings (SSSR count). The monoisotopic (exact) mass is 347 g/mol. The zero-order valence-corrected chi connectivity index (χ0v) is 14.2. The van der Waals surface area contributed by atoms with E-state index in [9.17, 15) is 4.79 Å². The quantitative estimate of drug-likeness (QED) is 0.913. The van der Waals surface area contributed by atoms with Crippen LogP contribution in [0, 0.1) is 6.92 Å². The van der Waals surface area contributed by atoms with Gasteiger partial charge in [0.25, 0.3) is 5.91 Å². The summed E-state index contributed by atoms with van der Waals surface area (Å²) < 4.78 is 16.7. The third-order valence-electron chi connectivity index (χ3n) is 3.62. The van der Waals surface area contributed by atoms with E-state index in [1.165, 1.54) is 0 Å². The molecule has 0 saturated carbocycles. The highest BCUT2D eigenvalue weighted by molar-refractivity contribution is 6.30. The molecule has 0 radical (unpaired) electrons. The number of nitrogens with one attached hydrogen (secondary N) is 1. The van der Waals surface area contributed by atoms with Crippen molar-refractivity contribution in [1.29, 1.82) is 0 Å². The fraction of sp³-hybridized carbons (Fsp3) is 0.278. The average Bonchev–Trinajstić information content (AvgIpc) is 2.57. The second-order valence-electron chi connectivity index (χ2n) is 5.52. The lowest BCUT2D eigenvalue weighted by Crippen LogP contribution is -2.30. The Morgan fingerprint density at radius 1 is 1.17 bits per heavy atom. The summed E-state index contributed by atoms with van der Waals surface area (Å²) in [6.07, 6.45) is -0.655. The summed E-state index contributed by atoms with van der Waals surface area (Å²) in [5.74, 6) is 1.69. The first-order valence-electron chi connectivity index (χ1n) is 7.66. The van der Waals surface area contributed by atoms with Crippen LogP contribution in [-0.4, -0.2) is 25.2 Å². The predicted molar refractivity (Wildman–Crippen MR) is 92.3 cm³/mol. The number of benzene rings is 2. The van der Waals surface area contributed by atoms with Gasteiger partial charge in [-0.15, -0.1) is 0 Å². The number of carbonyl (C=O) groups excluding carboxylic acids is 1. The number of anilines is 1. The van der Waals surface area contributed by atoms with Gasteiger partial charge < -0.3 is 19.5 Å². The number of hydrogen-bond donors (Lipinski definition) is 1.